The van der Waals surface area contributed by atoms with Gasteiger partial charge in [-0.3, -0.25) is 4.79 Å². The number of aromatic nitrogens is 3. The van der Waals surface area contributed by atoms with Gasteiger partial charge in [-0.05, 0) is 54.4 Å². The number of carbonyl (C=O) groups is 1. The fraction of sp³-hybridized carbons (Fsp3) is 0.148. The highest BCUT2D eigenvalue weighted by atomic mass is 35.5. The number of benzene rings is 3. The minimum absolute atomic E-state index is 0.277. The molecule has 0 aliphatic carbocycles. The molecule has 1 aromatic heterocycles. The molecule has 0 bridgehead atoms. The van der Waals surface area contributed by atoms with E-state index >= 15 is 0 Å². The van der Waals surface area contributed by atoms with E-state index in [2.05, 4.69) is 20.7 Å². The van der Waals surface area contributed by atoms with Crippen LogP contribution in [0.15, 0.2) is 84.3 Å². The highest BCUT2D eigenvalue weighted by Crippen LogP contribution is 2.36. The summed E-state index contributed by atoms with van der Waals surface area (Å²) in [4.78, 5) is 17.9. The van der Waals surface area contributed by atoms with Crippen molar-refractivity contribution < 1.29 is 14.3 Å². The third-order valence-corrected chi connectivity index (χ3v) is 6.72. The Labute approximate surface area is 223 Å². The highest BCUT2D eigenvalue weighted by molar-refractivity contribution is 6.42. The van der Waals surface area contributed by atoms with Crippen LogP contribution in [0.3, 0.4) is 0 Å². The molecule has 0 fully saturated rings. The summed E-state index contributed by atoms with van der Waals surface area (Å²) in [6.07, 6.45) is 1.46. The maximum atomic E-state index is 13.6. The maximum absolute atomic E-state index is 13.6. The molecule has 2 heterocycles. The minimum atomic E-state index is -0.502. The Bertz CT molecular complexity index is 1480. The van der Waals surface area contributed by atoms with E-state index in [0.29, 0.717) is 51.1 Å². The third-order valence-electron chi connectivity index (χ3n) is 5.98. The lowest BCUT2D eigenvalue weighted by Crippen LogP contribution is -2.31. The number of hydrogen-bond acceptors (Lipinski definition) is 6. The summed E-state index contributed by atoms with van der Waals surface area (Å²) in [5.74, 6) is 1.51. The molecule has 0 spiro atoms. The molecular weight excluding hydrogens is 513 g/mol. The van der Waals surface area contributed by atoms with Crippen LogP contribution in [0.25, 0.3) is 0 Å². The van der Waals surface area contributed by atoms with Gasteiger partial charge in [-0.15, -0.1) is 0 Å². The molecular formula is C27H23Cl2N5O3. The van der Waals surface area contributed by atoms with Crippen LogP contribution in [0.2, 0.25) is 10.0 Å². The predicted octanol–water partition coefficient (Wildman–Crippen LogP) is 6.10. The van der Waals surface area contributed by atoms with Crippen molar-refractivity contribution in [2.24, 2.45) is 0 Å². The topological polar surface area (TPSA) is 90.3 Å². The second-order valence-electron chi connectivity index (χ2n) is 8.36. The second-order valence-corrected chi connectivity index (χ2v) is 9.17. The molecule has 188 valence electrons. The zero-order chi connectivity index (χ0) is 25.9. The summed E-state index contributed by atoms with van der Waals surface area (Å²) >= 11 is 12.1. The molecule has 0 saturated carbocycles. The molecule has 4 aromatic rings. The number of para-hydroxylation sites is 2. The molecule has 1 aliphatic rings. The Morgan fingerprint density at radius 1 is 1.08 bits per heavy atom. The zero-order valence-electron chi connectivity index (χ0n) is 20.0. The fourth-order valence-corrected chi connectivity index (χ4v) is 4.49. The van der Waals surface area contributed by atoms with Gasteiger partial charge >= 0.3 is 0 Å². The molecule has 1 unspecified atom stereocenters. The number of allylic oxidation sites excluding steroid dienone is 1. The van der Waals surface area contributed by atoms with Crippen LogP contribution in [0.4, 0.5) is 11.6 Å². The molecule has 0 radical (unpaired) electrons. The lowest BCUT2D eigenvalue weighted by atomic mass is 9.95. The summed E-state index contributed by atoms with van der Waals surface area (Å²) in [5.41, 5.74) is 3.51. The standard InChI is InChI=1S/C27H23Cl2N5O3/c1-16-24(26(35)33-22-5-3-4-6-23(22)36-2)25(34-27(32-16)30-15-31-34)18-8-10-19(11-9-18)37-14-17-7-12-20(28)21(29)13-17/h3-13,15,25H,14H2,1-2H3,(H,33,35)(H,30,31,32). The van der Waals surface area contributed by atoms with Gasteiger partial charge in [-0.1, -0.05) is 53.5 Å². The van der Waals surface area contributed by atoms with E-state index in [1.807, 2.05) is 49.4 Å². The van der Waals surface area contributed by atoms with Crippen molar-refractivity contribution in [1.29, 1.82) is 0 Å². The molecule has 2 N–H and O–H groups in total. The Kier molecular flexibility index (Phi) is 7.03. The van der Waals surface area contributed by atoms with Gasteiger partial charge in [0.1, 0.15) is 30.5 Å². The van der Waals surface area contributed by atoms with Crippen molar-refractivity contribution in [1.82, 2.24) is 14.8 Å². The van der Waals surface area contributed by atoms with E-state index in [1.165, 1.54) is 6.33 Å². The predicted molar refractivity (Wildman–Crippen MR) is 143 cm³/mol. The summed E-state index contributed by atoms with van der Waals surface area (Å²) in [5, 5.41) is 11.5. The van der Waals surface area contributed by atoms with Gasteiger partial charge in [0.05, 0.1) is 28.4 Å². The normalized spacial score (nSPS) is 14.5. The van der Waals surface area contributed by atoms with Crippen LogP contribution in [0, 0.1) is 0 Å². The Balaban J connectivity index is 1.41. The first-order valence-corrected chi connectivity index (χ1v) is 12.2. The second kappa shape index (κ2) is 10.5. The van der Waals surface area contributed by atoms with Crippen LogP contribution >= 0.6 is 23.2 Å². The van der Waals surface area contributed by atoms with E-state index in [9.17, 15) is 4.79 Å². The molecule has 10 heteroatoms. The van der Waals surface area contributed by atoms with Gasteiger partial charge in [0, 0.05) is 5.70 Å². The van der Waals surface area contributed by atoms with Crippen LogP contribution < -0.4 is 20.1 Å². The number of halogens is 2. The highest BCUT2D eigenvalue weighted by Gasteiger charge is 2.33. The van der Waals surface area contributed by atoms with E-state index in [-0.39, 0.29) is 5.91 Å². The smallest absolute Gasteiger partial charge is 0.255 e. The fourth-order valence-electron chi connectivity index (χ4n) is 4.17. The molecule has 8 nitrogen and oxygen atoms in total. The molecule has 37 heavy (non-hydrogen) atoms. The summed E-state index contributed by atoms with van der Waals surface area (Å²) in [6, 6.07) is 19.7. The first kappa shape index (κ1) is 24.7. The Morgan fingerprint density at radius 2 is 1.86 bits per heavy atom. The van der Waals surface area contributed by atoms with Gasteiger partial charge in [-0.25, -0.2) is 4.68 Å². The maximum Gasteiger partial charge on any atom is 0.255 e. The number of hydrogen-bond donors (Lipinski definition) is 2. The number of anilines is 2. The monoisotopic (exact) mass is 535 g/mol. The summed E-state index contributed by atoms with van der Waals surface area (Å²) in [6.45, 7) is 2.18. The zero-order valence-corrected chi connectivity index (χ0v) is 21.5. The molecule has 1 amide bonds. The van der Waals surface area contributed by atoms with Gasteiger partial charge in [0.25, 0.3) is 5.91 Å². The van der Waals surface area contributed by atoms with Gasteiger partial charge < -0.3 is 20.1 Å². The number of rotatable bonds is 7. The van der Waals surface area contributed by atoms with E-state index in [4.69, 9.17) is 32.7 Å². The SMILES string of the molecule is COc1ccccc1NC(=O)C1=C(C)Nc2ncnn2C1c1ccc(OCc2ccc(Cl)c(Cl)c2)cc1. The minimum Gasteiger partial charge on any atom is -0.495 e. The molecule has 0 saturated heterocycles. The van der Waals surface area contributed by atoms with Crippen molar-refractivity contribution in [3.63, 3.8) is 0 Å². The Morgan fingerprint density at radius 3 is 2.62 bits per heavy atom. The van der Waals surface area contributed by atoms with E-state index in [1.54, 1.807) is 36.1 Å². The van der Waals surface area contributed by atoms with Gasteiger partial charge in [-0.2, -0.15) is 10.1 Å². The molecule has 1 aliphatic heterocycles. The number of fused-ring (bicyclic) bond motifs is 1. The molecule has 5 rings (SSSR count). The first-order chi connectivity index (χ1) is 17.9. The van der Waals surface area contributed by atoms with Crippen molar-refractivity contribution in [2.75, 3.05) is 17.7 Å². The van der Waals surface area contributed by atoms with Crippen LogP contribution in [0.1, 0.15) is 24.1 Å². The Hall–Kier alpha value is -4.01. The summed E-state index contributed by atoms with van der Waals surface area (Å²) in [7, 11) is 1.56. The van der Waals surface area contributed by atoms with Crippen LogP contribution in [-0.4, -0.2) is 27.8 Å². The van der Waals surface area contributed by atoms with E-state index < -0.39 is 6.04 Å². The number of carbonyl (C=O) groups excluding carboxylic acids is 1. The number of nitrogens with zero attached hydrogens (tertiary/aromatic N) is 3. The quantitative estimate of drug-likeness (QED) is 0.297. The average Bonchev–Trinajstić information content (AvgIpc) is 3.37. The molecule has 3 aromatic carbocycles. The van der Waals surface area contributed by atoms with E-state index in [0.717, 1.165) is 11.1 Å². The number of methoxy groups -OCH3 is 1. The van der Waals surface area contributed by atoms with Crippen molar-refractivity contribution in [2.45, 2.75) is 19.6 Å². The lowest BCUT2D eigenvalue weighted by Gasteiger charge is -2.29. The van der Waals surface area contributed by atoms with Crippen LogP contribution in [0.5, 0.6) is 11.5 Å². The van der Waals surface area contributed by atoms with Crippen molar-refractivity contribution >= 4 is 40.7 Å². The van der Waals surface area contributed by atoms with Crippen molar-refractivity contribution in [3.8, 4) is 11.5 Å². The largest absolute Gasteiger partial charge is 0.495 e. The average molecular weight is 536 g/mol. The van der Waals surface area contributed by atoms with Gasteiger partial charge in [0.15, 0.2) is 0 Å². The van der Waals surface area contributed by atoms with Crippen LogP contribution in [-0.2, 0) is 11.4 Å². The number of nitrogens with one attached hydrogen (secondary N) is 2. The summed E-state index contributed by atoms with van der Waals surface area (Å²) < 4.78 is 13.0. The third kappa shape index (κ3) is 5.12. The molecule has 1 atom stereocenters. The van der Waals surface area contributed by atoms with Crippen molar-refractivity contribution in [3.05, 3.63) is 105 Å². The van der Waals surface area contributed by atoms with Gasteiger partial charge in [0.2, 0.25) is 5.95 Å². The number of ether oxygens (including phenoxy) is 2. The number of amides is 1. The lowest BCUT2D eigenvalue weighted by molar-refractivity contribution is -0.113. The first-order valence-electron chi connectivity index (χ1n) is 11.4.